The number of hydrogen-bond donors (Lipinski definition) is 2. The van der Waals surface area contributed by atoms with Gasteiger partial charge in [-0.25, -0.2) is 4.98 Å². The Balaban J connectivity index is 1.53. The van der Waals surface area contributed by atoms with Crippen LogP contribution in [0.15, 0.2) is 42.6 Å². The lowest BCUT2D eigenvalue weighted by Gasteiger charge is -2.36. The SMILES string of the molecule is CC(C)CCNc1nc(Nc2ccc(C(F)(F)F)cc2)nc(N2CCN(c3ncccc3C(F)(F)F)CC2)n1. The van der Waals surface area contributed by atoms with Gasteiger partial charge in [0, 0.05) is 44.6 Å². The topological polar surface area (TPSA) is 82.1 Å². The third kappa shape index (κ3) is 7.39. The van der Waals surface area contributed by atoms with Gasteiger partial charge in [-0.1, -0.05) is 13.8 Å². The first-order valence-electron chi connectivity index (χ1n) is 12.4. The first-order chi connectivity index (χ1) is 18.4. The number of aromatic nitrogens is 4. The lowest BCUT2D eigenvalue weighted by molar-refractivity contribution is -0.138. The van der Waals surface area contributed by atoms with Crippen LogP contribution in [0.2, 0.25) is 0 Å². The summed E-state index contributed by atoms with van der Waals surface area (Å²) in [5.74, 6) is 1.01. The van der Waals surface area contributed by atoms with E-state index in [4.69, 9.17) is 0 Å². The molecule has 0 radical (unpaired) electrons. The number of benzene rings is 1. The van der Waals surface area contributed by atoms with Crippen LogP contribution in [-0.2, 0) is 12.4 Å². The number of piperazine rings is 1. The lowest BCUT2D eigenvalue weighted by atomic mass is 10.1. The summed E-state index contributed by atoms with van der Waals surface area (Å²) in [6.07, 6.45) is -6.79. The van der Waals surface area contributed by atoms with Gasteiger partial charge in [-0.3, -0.25) is 0 Å². The highest BCUT2D eigenvalue weighted by Crippen LogP contribution is 2.35. The summed E-state index contributed by atoms with van der Waals surface area (Å²) in [6, 6.07) is 6.74. The first kappa shape index (κ1) is 28.2. The number of nitrogens with one attached hydrogen (secondary N) is 2. The molecule has 1 saturated heterocycles. The zero-order chi connectivity index (χ0) is 28.2. The van der Waals surface area contributed by atoms with Crippen molar-refractivity contribution in [3.63, 3.8) is 0 Å². The van der Waals surface area contributed by atoms with Crippen molar-refractivity contribution in [3.8, 4) is 0 Å². The van der Waals surface area contributed by atoms with Crippen LogP contribution < -0.4 is 20.4 Å². The number of nitrogens with zero attached hydrogens (tertiary/aromatic N) is 6. The zero-order valence-electron chi connectivity index (χ0n) is 21.3. The van der Waals surface area contributed by atoms with Crippen LogP contribution in [-0.4, -0.2) is 52.7 Å². The molecule has 4 rings (SSSR count). The number of hydrogen-bond acceptors (Lipinski definition) is 8. The molecule has 1 fully saturated rings. The molecule has 2 N–H and O–H groups in total. The van der Waals surface area contributed by atoms with Crippen LogP contribution in [0, 0.1) is 5.92 Å². The Kier molecular flexibility index (Phi) is 8.31. The van der Waals surface area contributed by atoms with E-state index in [1.165, 1.54) is 24.4 Å². The van der Waals surface area contributed by atoms with Gasteiger partial charge >= 0.3 is 12.4 Å². The van der Waals surface area contributed by atoms with Crippen LogP contribution in [0.4, 0.5) is 55.7 Å². The van der Waals surface area contributed by atoms with Gasteiger partial charge in [-0.2, -0.15) is 41.3 Å². The number of pyridine rings is 1. The fourth-order valence-electron chi connectivity index (χ4n) is 3.97. The van der Waals surface area contributed by atoms with Gasteiger partial charge in [0.2, 0.25) is 17.8 Å². The minimum Gasteiger partial charge on any atom is -0.354 e. The number of rotatable bonds is 8. The molecule has 39 heavy (non-hydrogen) atoms. The monoisotopic (exact) mass is 554 g/mol. The Bertz CT molecular complexity index is 1240. The molecular weight excluding hydrogens is 526 g/mol. The molecule has 0 unspecified atom stereocenters. The van der Waals surface area contributed by atoms with Crippen molar-refractivity contribution in [2.45, 2.75) is 32.6 Å². The molecule has 210 valence electrons. The smallest absolute Gasteiger partial charge is 0.354 e. The van der Waals surface area contributed by atoms with Crippen molar-refractivity contribution in [1.82, 2.24) is 19.9 Å². The Morgan fingerprint density at radius 2 is 1.46 bits per heavy atom. The molecule has 0 bridgehead atoms. The summed E-state index contributed by atoms with van der Waals surface area (Å²) in [5, 5.41) is 6.07. The normalized spacial score (nSPS) is 14.6. The van der Waals surface area contributed by atoms with Crippen molar-refractivity contribution >= 4 is 29.4 Å². The molecule has 0 amide bonds. The van der Waals surface area contributed by atoms with E-state index in [1.807, 2.05) is 4.90 Å². The molecule has 14 heteroatoms. The lowest BCUT2D eigenvalue weighted by Crippen LogP contribution is -2.48. The van der Waals surface area contributed by atoms with Crippen molar-refractivity contribution < 1.29 is 26.3 Å². The second kappa shape index (κ2) is 11.5. The second-order valence-corrected chi connectivity index (χ2v) is 9.44. The zero-order valence-corrected chi connectivity index (χ0v) is 21.3. The third-order valence-electron chi connectivity index (χ3n) is 6.05. The van der Waals surface area contributed by atoms with Gasteiger partial charge in [-0.05, 0) is 48.7 Å². The van der Waals surface area contributed by atoms with E-state index < -0.39 is 23.5 Å². The van der Waals surface area contributed by atoms with Crippen LogP contribution in [0.1, 0.15) is 31.4 Å². The Labute approximate surface area is 221 Å². The first-order valence-corrected chi connectivity index (χ1v) is 12.4. The summed E-state index contributed by atoms with van der Waals surface area (Å²) >= 11 is 0. The van der Waals surface area contributed by atoms with Crippen LogP contribution in [0.5, 0.6) is 0 Å². The molecule has 8 nitrogen and oxygen atoms in total. The Morgan fingerprint density at radius 1 is 0.821 bits per heavy atom. The molecule has 0 atom stereocenters. The predicted molar refractivity (Wildman–Crippen MR) is 136 cm³/mol. The van der Waals surface area contributed by atoms with E-state index in [2.05, 4.69) is 44.4 Å². The average molecular weight is 555 g/mol. The van der Waals surface area contributed by atoms with Crippen LogP contribution >= 0.6 is 0 Å². The quantitative estimate of drug-likeness (QED) is 0.337. The molecule has 1 aromatic carbocycles. The summed E-state index contributed by atoms with van der Waals surface area (Å²) in [5.41, 5.74) is -1.22. The summed E-state index contributed by atoms with van der Waals surface area (Å²) in [6.45, 7) is 5.89. The Hall–Kier alpha value is -3.84. The highest BCUT2D eigenvalue weighted by molar-refractivity contribution is 5.57. The summed E-state index contributed by atoms with van der Waals surface area (Å²) < 4.78 is 79.2. The number of anilines is 5. The van der Waals surface area contributed by atoms with Crippen LogP contribution in [0.3, 0.4) is 0 Å². The van der Waals surface area contributed by atoms with Crippen molar-refractivity contribution in [1.29, 1.82) is 0 Å². The van der Waals surface area contributed by atoms with E-state index in [0.717, 1.165) is 24.6 Å². The maximum Gasteiger partial charge on any atom is 0.419 e. The molecular formula is C25H28F6N8. The highest BCUT2D eigenvalue weighted by atomic mass is 19.4. The molecule has 3 heterocycles. The van der Waals surface area contributed by atoms with Gasteiger partial charge < -0.3 is 20.4 Å². The number of halogens is 6. The minimum absolute atomic E-state index is 0.123. The standard InChI is InChI=1S/C25H28F6N8/c1-16(2)9-11-33-21-35-22(34-18-7-5-17(6-8-18)24(26,27)28)37-23(36-21)39-14-12-38(13-15-39)20-19(25(29,30)31)4-3-10-32-20/h3-8,10,16H,9,11-15H2,1-2H3,(H2,33,34,35,36,37). The van der Waals surface area contributed by atoms with E-state index in [1.54, 1.807) is 4.90 Å². The van der Waals surface area contributed by atoms with E-state index in [9.17, 15) is 26.3 Å². The van der Waals surface area contributed by atoms with Crippen molar-refractivity contribution in [2.75, 3.05) is 53.2 Å². The van der Waals surface area contributed by atoms with Crippen LogP contribution in [0.25, 0.3) is 0 Å². The third-order valence-corrected chi connectivity index (χ3v) is 6.05. The van der Waals surface area contributed by atoms with Gasteiger partial charge in [0.25, 0.3) is 0 Å². The molecule has 1 aliphatic heterocycles. The second-order valence-electron chi connectivity index (χ2n) is 9.44. The molecule has 0 saturated carbocycles. The van der Waals surface area contributed by atoms with E-state index in [-0.39, 0.29) is 30.8 Å². The molecule has 0 aliphatic carbocycles. The maximum absolute atomic E-state index is 13.5. The largest absolute Gasteiger partial charge is 0.419 e. The molecule has 2 aromatic heterocycles. The van der Waals surface area contributed by atoms with Gasteiger partial charge in [-0.15, -0.1) is 0 Å². The molecule has 1 aliphatic rings. The average Bonchev–Trinajstić information content (AvgIpc) is 2.88. The summed E-state index contributed by atoms with van der Waals surface area (Å²) in [4.78, 5) is 20.6. The fourth-order valence-corrected chi connectivity index (χ4v) is 3.97. The fraction of sp³-hybridized carbons (Fsp3) is 0.440. The minimum atomic E-state index is -4.52. The maximum atomic E-state index is 13.5. The van der Waals surface area contributed by atoms with Gasteiger partial charge in [0.15, 0.2) is 0 Å². The number of alkyl halides is 6. The molecule has 3 aromatic rings. The van der Waals surface area contributed by atoms with Gasteiger partial charge in [0.05, 0.1) is 11.1 Å². The van der Waals surface area contributed by atoms with E-state index >= 15 is 0 Å². The summed E-state index contributed by atoms with van der Waals surface area (Å²) in [7, 11) is 0. The molecule has 0 spiro atoms. The van der Waals surface area contributed by atoms with Gasteiger partial charge in [0.1, 0.15) is 5.82 Å². The van der Waals surface area contributed by atoms with Crippen molar-refractivity contribution in [2.24, 2.45) is 5.92 Å². The highest BCUT2D eigenvalue weighted by Gasteiger charge is 2.36. The Morgan fingerprint density at radius 3 is 2.08 bits per heavy atom. The van der Waals surface area contributed by atoms with E-state index in [0.29, 0.717) is 37.2 Å². The predicted octanol–water partition coefficient (Wildman–Crippen LogP) is 5.83. The van der Waals surface area contributed by atoms with Crippen molar-refractivity contribution in [3.05, 3.63) is 53.7 Å².